The van der Waals surface area contributed by atoms with Crippen LogP contribution in [0.5, 0.6) is 0 Å². The van der Waals surface area contributed by atoms with Gasteiger partial charge < -0.3 is 0 Å². The summed E-state index contributed by atoms with van der Waals surface area (Å²) in [5.41, 5.74) is 4.53. The van der Waals surface area contributed by atoms with Crippen LogP contribution in [-0.4, -0.2) is 11.6 Å². The number of carbonyl (C=O) groups excluding carboxylic acids is 1. The summed E-state index contributed by atoms with van der Waals surface area (Å²) >= 11 is 5.91. The van der Waals surface area contributed by atoms with Crippen molar-refractivity contribution >= 4 is 23.2 Å². The standard InChI is InChI=1S/C19H23ClN2O/c1-12(16-2-4-17(20)5-3-16)21-22-18(23)19-9-13-6-14(10-19)8-15(7-13)11-19/h2-5,13-15H,6-11H2,1H3,(H,22,23). The second-order valence-electron chi connectivity index (χ2n) is 7.84. The molecule has 4 heteroatoms. The van der Waals surface area contributed by atoms with Crippen LogP contribution in [0.25, 0.3) is 0 Å². The minimum Gasteiger partial charge on any atom is -0.273 e. The van der Waals surface area contributed by atoms with Gasteiger partial charge in [-0.2, -0.15) is 5.10 Å². The summed E-state index contributed by atoms with van der Waals surface area (Å²) in [6.45, 7) is 1.92. The second-order valence-corrected chi connectivity index (χ2v) is 8.28. The highest BCUT2D eigenvalue weighted by atomic mass is 35.5. The van der Waals surface area contributed by atoms with Crippen molar-refractivity contribution in [3.63, 3.8) is 0 Å². The molecule has 0 aromatic heterocycles. The first-order chi connectivity index (χ1) is 11.0. The largest absolute Gasteiger partial charge is 0.273 e. The predicted molar refractivity (Wildman–Crippen MR) is 92.4 cm³/mol. The molecule has 1 N–H and O–H groups in total. The summed E-state index contributed by atoms with van der Waals surface area (Å²) in [4.78, 5) is 12.8. The lowest BCUT2D eigenvalue weighted by Gasteiger charge is -2.55. The van der Waals surface area contributed by atoms with Crippen LogP contribution < -0.4 is 5.43 Å². The number of amides is 1. The van der Waals surface area contributed by atoms with Gasteiger partial charge in [-0.15, -0.1) is 0 Å². The number of benzene rings is 1. The Bertz CT molecular complexity index is 615. The predicted octanol–water partition coefficient (Wildman–Crippen LogP) is 4.40. The van der Waals surface area contributed by atoms with E-state index in [9.17, 15) is 4.79 Å². The van der Waals surface area contributed by atoms with Crippen molar-refractivity contribution in [2.45, 2.75) is 45.4 Å². The molecule has 0 unspecified atom stereocenters. The van der Waals surface area contributed by atoms with Crippen molar-refractivity contribution in [1.29, 1.82) is 0 Å². The quantitative estimate of drug-likeness (QED) is 0.648. The fourth-order valence-electron chi connectivity index (χ4n) is 5.40. The molecule has 4 aliphatic rings. The van der Waals surface area contributed by atoms with Crippen LogP contribution in [0.3, 0.4) is 0 Å². The molecule has 23 heavy (non-hydrogen) atoms. The molecule has 0 heterocycles. The van der Waals surface area contributed by atoms with E-state index in [0.717, 1.165) is 48.3 Å². The van der Waals surface area contributed by atoms with E-state index >= 15 is 0 Å². The van der Waals surface area contributed by atoms with E-state index in [1.54, 1.807) is 0 Å². The molecule has 0 aliphatic heterocycles. The topological polar surface area (TPSA) is 41.5 Å². The average molecular weight is 331 g/mol. The molecule has 1 amide bonds. The molecular formula is C19H23ClN2O. The van der Waals surface area contributed by atoms with Crippen LogP contribution in [0.2, 0.25) is 5.02 Å². The molecule has 0 atom stereocenters. The molecule has 4 fully saturated rings. The van der Waals surface area contributed by atoms with Gasteiger partial charge in [0.25, 0.3) is 0 Å². The molecule has 0 spiro atoms. The number of nitrogens with one attached hydrogen (secondary N) is 1. The van der Waals surface area contributed by atoms with E-state index in [4.69, 9.17) is 11.6 Å². The molecule has 1 aromatic rings. The minimum atomic E-state index is -0.140. The fraction of sp³-hybridized carbons (Fsp3) is 0.579. The number of rotatable bonds is 3. The number of hydrazone groups is 1. The Labute approximate surface area is 142 Å². The highest BCUT2D eigenvalue weighted by molar-refractivity contribution is 6.30. The number of carbonyl (C=O) groups is 1. The Morgan fingerprint density at radius 3 is 2.13 bits per heavy atom. The normalized spacial score (nSPS) is 35.4. The SMILES string of the molecule is CC(=NNC(=O)C12CC3CC(CC(C3)C1)C2)c1ccc(Cl)cc1. The molecule has 5 rings (SSSR count). The van der Waals surface area contributed by atoms with Gasteiger partial charge in [0, 0.05) is 5.02 Å². The van der Waals surface area contributed by atoms with E-state index in [-0.39, 0.29) is 11.3 Å². The van der Waals surface area contributed by atoms with Gasteiger partial charge >= 0.3 is 0 Å². The number of halogens is 1. The van der Waals surface area contributed by atoms with E-state index in [0.29, 0.717) is 5.02 Å². The highest BCUT2D eigenvalue weighted by Crippen LogP contribution is 2.60. The van der Waals surface area contributed by atoms with Gasteiger partial charge in [0.1, 0.15) is 0 Å². The van der Waals surface area contributed by atoms with Crippen molar-refractivity contribution in [1.82, 2.24) is 5.43 Å². The monoisotopic (exact) mass is 330 g/mol. The van der Waals surface area contributed by atoms with Crippen molar-refractivity contribution < 1.29 is 4.79 Å². The van der Waals surface area contributed by atoms with Crippen LogP contribution in [0.15, 0.2) is 29.4 Å². The van der Waals surface area contributed by atoms with Crippen LogP contribution >= 0.6 is 11.6 Å². The molecule has 0 saturated heterocycles. The zero-order valence-corrected chi connectivity index (χ0v) is 14.3. The molecule has 4 bridgehead atoms. The maximum atomic E-state index is 12.8. The first kappa shape index (κ1) is 15.2. The number of nitrogens with zero attached hydrogens (tertiary/aromatic N) is 1. The highest BCUT2D eigenvalue weighted by Gasteiger charge is 2.54. The molecule has 1 aromatic carbocycles. The van der Waals surface area contributed by atoms with Gasteiger partial charge in [-0.1, -0.05) is 23.7 Å². The Hall–Kier alpha value is -1.35. The van der Waals surface area contributed by atoms with E-state index in [2.05, 4.69) is 10.5 Å². The molecule has 0 radical (unpaired) electrons. The van der Waals surface area contributed by atoms with E-state index in [1.165, 1.54) is 19.3 Å². The lowest BCUT2D eigenvalue weighted by atomic mass is 9.49. The van der Waals surface area contributed by atoms with Gasteiger partial charge in [-0.25, -0.2) is 5.43 Å². The summed E-state index contributed by atoms with van der Waals surface area (Å²) in [6, 6.07) is 7.55. The van der Waals surface area contributed by atoms with Gasteiger partial charge in [-0.3, -0.25) is 4.79 Å². The third-order valence-corrected chi connectivity index (χ3v) is 6.36. The van der Waals surface area contributed by atoms with Crippen molar-refractivity contribution in [2.75, 3.05) is 0 Å². The lowest BCUT2D eigenvalue weighted by molar-refractivity contribution is -0.146. The van der Waals surface area contributed by atoms with Crippen molar-refractivity contribution in [3.8, 4) is 0 Å². The summed E-state index contributed by atoms with van der Waals surface area (Å²) in [7, 11) is 0. The smallest absolute Gasteiger partial charge is 0.246 e. The van der Waals surface area contributed by atoms with Gasteiger partial charge in [-0.05, 0) is 80.9 Å². The van der Waals surface area contributed by atoms with Gasteiger partial charge in [0.15, 0.2) is 0 Å². The third-order valence-electron chi connectivity index (χ3n) is 6.11. The average Bonchev–Trinajstić information content (AvgIpc) is 2.51. The summed E-state index contributed by atoms with van der Waals surface area (Å²) in [5.74, 6) is 2.46. The first-order valence-electron chi connectivity index (χ1n) is 8.65. The summed E-state index contributed by atoms with van der Waals surface area (Å²) < 4.78 is 0. The molecule has 4 saturated carbocycles. The zero-order chi connectivity index (χ0) is 16.0. The third kappa shape index (κ3) is 2.80. The van der Waals surface area contributed by atoms with Crippen LogP contribution in [0.4, 0.5) is 0 Å². The Balaban J connectivity index is 1.47. The maximum absolute atomic E-state index is 12.8. The Morgan fingerprint density at radius 1 is 1.09 bits per heavy atom. The number of hydrogen-bond donors (Lipinski definition) is 1. The van der Waals surface area contributed by atoms with Crippen molar-refractivity contribution in [3.05, 3.63) is 34.9 Å². The van der Waals surface area contributed by atoms with Crippen molar-refractivity contribution in [2.24, 2.45) is 28.3 Å². The summed E-state index contributed by atoms with van der Waals surface area (Å²) in [5, 5.41) is 5.06. The fourth-order valence-corrected chi connectivity index (χ4v) is 5.52. The summed E-state index contributed by atoms with van der Waals surface area (Å²) in [6.07, 6.45) is 7.25. The maximum Gasteiger partial charge on any atom is 0.246 e. The lowest BCUT2D eigenvalue weighted by Crippen LogP contribution is -2.52. The van der Waals surface area contributed by atoms with E-state index < -0.39 is 0 Å². The first-order valence-corrected chi connectivity index (χ1v) is 9.02. The van der Waals surface area contributed by atoms with Crippen LogP contribution in [0, 0.1) is 23.2 Å². The molecule has 122 valence electrons. The van der Waals surface area contributed by atoms with Crippen LogP contribution in [0.1, 0.15) is 51.0 Å². The van der Waals surface area contributed by atoms with Gasteiger partial charge in [0.2, 0.25) is 5.91 Å². The molecular weight excluding hydrogens is 308 g/mol. The second kappa shape index (κ2) is 5.62. The molecule has 4 aliphatic carbocycles. The minimum absolute atomic E-state index is 0.140. The number of hydrogen-bond acceptors (Lipinski definition) is 2. The van der Waals surface area contributed by atoms with Gasteiger partial charge in [0.05, 0.1) is 11.1 Å². The zero-order valence-electron chi connectivity index (χ0n) is 13.5. The van der Waals surface area contributed by atoms with Crippen LogP contribution in [-0.2, 0) is 4.79 Å². The van der Waals surface area contributed by atoms with E-state index in [1.807, 2.05) is 31.2 Å². The molecule has 3 nitrogen and oxygen atoms in total. The Morgan fingerprint density at radius 2 is 1.61 bits per heavy atom. The Kier molecular flexibility index (Phi) is 3.72.